The minimum absolute atomic E-state index is 0.149. The molecule has 3 rings (SSSR count). The summed E-state index contributed by atoms with van der Waals surface area (Å²) in [5.74, 6) is 0.331. The number of imidazole rings is 1. The van der Waals surface area contributed by atoms with Crippen molar-refractivity contribution < 1.29 is 9.59 Å². The Morgan fingerprint density at radius 2 is 2.00 bits per heavy atom. The summed E-state index contributed by atoms with van der Waals surface area (Å²) in [6.07, 6.45) is 4.98. The van der Waals surface area contributed by atoms with Gasteiger partial charge in [-0.15, -0.1) is 0 Å². The maximum Gasteiger partial charge on any atom is 0.271 e. The first-order chi connectivity index (χ1) is 13.0. The van der Waals surface area contributed by atoms with Crippen LogP contribution in [0.2, 0.25) is 0 Å². The van der Waals surface area contributed by atoms with Gasteiger partial charge in [0.1, 0.15) is 11.5 Å². The summed E-state index contributed by atoms with van der Waals surface area (Å²) >= 11 is 0. The molecule has 3 aromatic rings. The van der Waals surface area contributed by atoms with Crippen LogP contribution in [0.5, 0.6) is 0 Å². The van der Waals surface area contributed by atoms with Crippen LogP contribution in [0.3, 0.4) is 0 Å². The molecule has 140 valence electrons. The average molecular weight is 366 g/mol. The lowest BCUT2D eigenvalue weighted by Crippen LogP contribution is -2.39. The van der Waals surface area contributed by atoms with Crippen molar-refractivity contribution in [2.75, 3.05) is 6.54 Å². The van der Waals surface area contributed by atoms with Crippen LogP contribution in [0.4, 0.5) is 0 Å². The Morgan fingerprint density at radius 3 is 2.70 bits per heavy atom. The lowest BCUT2D eigenvalue weighted by molar-refractivity contribution is -0.121. The number of para-hydroxylation sites is 2. The van der Waals surface area contributed by atoms with Crippen LogP contribution in [0.1, 0.15) is 42.6 Å². The SMILES string of the molecule is CC(C)C[C@H](NC(=O)CNC(=O)c1cnccn1)c1nc2ccccc2[nH]1. The zero-order valence-corrected chi connectivity index (χ0v) is 15.3. The smallest absolute Gasteiger partial charge is 0.271 e. The van der Waals surface area contributed by atoms with E-state index in [1.165, 1.54) is 18.6 Å². The van der Waals surface area contributed by atoms with Crippen molar-refractivity contribution in [3.05, 3.63) is 54.4 Å². The summed E-state index contributed by atoms with van der Waals surface area (Å²) in [7, 11) is 0. The van der Waals surface area contributed by atoms with Gasteiger partial charge in [-0.2, -0.15) is 0 Å². The van der Waals surface area contributed by atoms with Gasteiger partial charge in [-0.3, -0.25) is 14.6 Å². The van der Waals surface area contributed by atoms with Gasteiger partial charge in [-0.25, -0.2) is 9.97 Å². The fraction of sp³-hybridized carbons (Fsp3) is 0.316. The van der Waals surface area contributed by atoms with Gasteiger partial charge in [0, 0.05) is 12.4 Å². The molecule has 2 heterocycles. The molecule has 0 bridgehead atoms. The van der Waals surface area contributed by atoms with Crippen molar-refractivity contribution in [3.8, 4) is 0 Å². The maximum absolute atomic E-state index is 12.4. The normalized spacial score (nSPS) is 12.1. The minimum Gasteiger partial charge on any atom is -0.345 e. The van der Waals surface area contributed by atoms with Gasteiger partial charge in [0.15, 0.2) is 0 Å². The Hall–Kier alpha value is -3.29. The maximum atomic E-state index is 12.4. The summed E-state index contributed by atoms with van der Waals surface area (Å²) in [5.41, 5.74) is 1.94. The van der Waals surface area contributed by atoms with Gasteiger partial charge in [0.25, 0.3) is 5.91 Å². The van der Waals surface area contributed by atoms with E-state index in [0.717, 1.165) is 17.5 Å². The highest BCUT2D eigenvalue weighted by Gasteiger charge is 2.20. The second kappa shape index (κ2) is 8.39. The molecule has 0 saturated heterocycles. The Kier molecular flexibility index (Phi) is 5.75. The van der Waals surface area contributed by atoms with Crippen LogP contribution in [-0.2, 0) is 4.79 Å². The highest BCUT2D eigenvalue weighted by Crippen LogP contribution is 2.21. The first kappa shape index (κ1) is 18.5. The largest absolute Gasteiger partial charge is 0.345 e. The predicted octanol–water partition coefficient (Wildman–Crippen LogP) is 1.99. The van der Waals surface area contributed by atoms with Gasteiger partial charge in [-0.1, -0.05) is 26.0 Å². The second-order valence-corrected chi connectivity index (χ2v) is 6.66. The van der Waals surface area contributed by atoms with E-state index >= 15 is 0 Å². The summed E-state index contributed by atoms with van der Waals surface area (Å²) in [6.45, 7) is 4.01. The van der Waals surface area contributed by atoms with E-state index in [1.807, 2.05) is 24.3 Å². The van der Waals surface area contributed by atoms with Crippen LogP contribution in [-0.4, -0.2) is 38.3 Å². The molecule has 1 atom stereocenters. The number of fused-ring (bicyclic) bond motifs is 1. The van der Waals surface area contributed by atoms with E-state index in [2.05, 4.69) is 44.4 Å². The fourth-order valence-corrected chi connectivity index (χ4v) is 2.76. The van der Waals surface area contributed by atoms with Crippen molar-refractivity contribution in [3.63, 3.8) is 0 Å². The molecular formula is C19H22N6O2. The monoisotopic (exact) mass is 366 g/mol. The summed E-state index contributed by atoms with van der Waals surface area (Å²) in [5, 5.41) is 5.50. The molecule has 0 spiro atoms. The fourth-order valence-electron chi connectivity index (χ4n) is 2.76. The standard InChI is InChI=1S/C19H22N6O2/c1-12(2)9-15(18-24-13-5-3-4-6-14(13)25-18)23-17(26)11-22-19(27)16-10-20-7-8-21-16/h3-8,10,12,15H,9,11H2,1-2H3,(H,22,27)(H,23,26)(H,24,25)/t15-/m0/s1. The van der Waals surface area contributed by atoms with E-state index in [4.69, 9.17) is 0 Å². The average Bonchev–Trinajstić information content (AvgIpc) is 3.10. The Labute approximate surface area is 156 Å². The second-order valence-electron chi connectivity index (χ2n) is 6.66. The van der Waals surface area contributed by atoms with Gasteiger partial charge >= 0.3 is 0 Å². The van der Waals surface area contributed by atoms with Gasteiger partial charge < -0.3 is 15.6 Å². The van der Waals surface area contributed by atoms with Crippen molar-refractivity contribution in [1.82, 2.24) is 30.6 Å². The number of H-pyrrole nitrogens is 1. The number of aromatic nitrogens is 4. The van der Waals surface area contributed by atoms with Crippen LogP contribution in [0.25, 0.3) is 11.0 Å². The molecule has 1 aromatic carbocycles. The number of aromatic amines is 1. The van der Waals surface area contributed by atoms with Crippen LogP contribution >= 0.6 is 0 Å². The van der Waals surface area contributed by atoms with Crippen molar-refractivity contribution in [2.45, 2.75) is 26.3 Å². The number of nitrogens with zero attached hydrogens (tertiary/aromatic N) is 3. The topological polar surface area (TPSA) is 113 Å². The molecule has 2 aromatic heterocycles. The van der Waals surface area contributed by atoms with Crippen LogP contribution in [0.15, 0.2) is 42.9 Å². The number of carbonyl (C=O) groups is 2. The first-order valence-corrected chi connectivity index (χ1v) is 8.81. The predicted molar refractivity (Wildman–Crippen MR) is 101 cm³/mol. The van der Waals surface area contributed by atoms with Gasteiger partial charge in [-0.05, 0) is 24.5 Å². The quantitative estimate of drug-likeness (QED) is 0.592. The zero-order valence-electron chi connectivity index (χ0n) is 15.3. The molecule has 0 aliphatic carbocycles. The minimum atomic E-state index is -0.442. The molecule has 0 radical (unpaired) electrons. The van der Waals surface area contributed by atoms with E-state index in [0.29, 0.717) is 11.7 Å². The molecule has 8 heteroatoms. The van der Waals surface area contributed by atoms with E-state index < -0.39 is 5.91 Å². The summed E-state index contributed by atoms with van der Waals surface area (Å²) < 4.78 is 0. The third-order valence-corrected chi connectivity index (χ3v) is 3.99. The summed E-state index contributed by atoms with van der Waals surface area (Å²) in [6, 6.07) is 7.46. The molecule has 2 amide bonds. The van der Waals surface area contributed by atoms with Gasteiger partial charge in [0.05, 0.1) is 29.8 Å². The lowest BCUT2D eigenvalue weighted by atomic mass is 10.0. The molecule has 8 nitrogen and oxygen atoms in total. The van der Waals surface area contributed by atoms with E-state index in [-0.39, 0.29) is 24.2 Å². The molecule has 0 unspecified atom stereocenters. The zero-order chi connectivity index (χ0) is 19.2. The highest BCUT2D eigenvalue weighted by atomic mass is 16.2. The third kappa shape index (κ3) is 4.87. The van der Waals surface area contributed by atoms with Crippen molar-refractivity contribution >= 4 is 22.8 Å². The molecule has 3 N–H and O–H groups in total. The Morgan fingerprint density at radius 1 is 1.19 bits per heavy atom. The number of rotatable bonds is 7. The van der Waals surface area contributed by atoms with Crippen molar-refractivity contribution in [1.29, 1.82) is 0 Å². The van der Waals surface area contributed by atoms with E-state index in [1.54, 1.807) is 0 Å². The number of benzene rings is 1. The molecular weight excluding hydrogens is 344 g/mol. The molecule has 0 fully saturated rings. The third-order valence-electron chi connectivity index (χ3n) is 3.99. The van der Waals surface area contributed by atoms with Gasteiger partial charge in [0.2, 0.25) is 5.91 Å². The van der Waals surface area contributed by atoms with E-state index in [9.17, 15) is 9.59 Å². The molecule has 27 heavy (non-hydrogen) atoms. The first-order valence-electron chi connectivity index (χ1n) is 8.81. The number of carbonyl (C=O) groups excluding carboxylic acids is 2. The lowest BCUT2D eigenvalue weighted by Gasteiger charge is -2.19. The number of hydrogen-bond donors (Lipinski definition) is 3. The summed E-state index contributed by atoms with van der Waals surface area (Å²) in [4.78, 5) is 39.9. The molecule has 0 aliphatic rings. The molecule has 0 aliphatic heterocycles. The Balaban J connectivity index is 1.65. The number of hydrogen-bond acceptors (Lipinski definition) is 5. The number of amides is 2. The highest BCUT2D eigenvalue weighted by molar-refractivity contribution is 5.94. The van der Waals surface area contributed by atoms with Crippen LogP contribution < -0.4 is 10.6 Å². The molecule has 0 saturated carbocycles. The van der Waals surface area contributed by atoms with Crippen molar-refractivity contribution in [2.24, 2.45) is 5.92 Å². The Bertz CT molecular complexity index is 889. The van der Waals surface area contributed by atoms with Crippen LogP contribution in [0, 0.1) is 5.92 Å². The number of nitrogens with one attached hydrogen (secondary N) is 3.